The van der Waals surface area contributed by atoms with E-state index >= 15 is 0 Å². The van der Waals surface area contributed by atoms with Crippen molar-refractivity contribution >= 4 is 5.91 Å². The number of hydrogen-bond donors (Lipinski definition) is 1. The molecule has 1 N–H and O–H groups in total. The third-order valence-electron chi connectivity index (χ3n) is 6.33. The number of halogens is 1. The van der Waals surface area contributed by atoms with Gasteiger partial charge in [-0.25, -0.2) is 4.39 Å². The van der Waals surface area contributed by atoms with E-state index in [1.54, 1.807) is 17.0 Å². The van der Waals surface area contributed by atoms with Gasteiger partial charge in [-0.3, -0.25) is 4.79 Å². The van der Waals surface area contributed by atoms with Gasteiger partial charge in [0.05, 0.1) is 6.04 Å². The van der Waals surface area contributed by atoms with Crippen molar-refractivity contribution in [1.82, 2.24) is 9.80 Å². The molecule has 1 amide bonds. The van der Waals surface area contributed by atoms with E-state index in [2.05, 4.69) is 11.0 Å². The van der Waals surface area contributed by atoms with Crippen molar-refractivity contribution in [2.45, 2.75) is 37.5 Å². The zero-order chi connectivity index (χ0) is 19.8. The van der Waals surface area contributed by atoms with Crippen LogP contribution < -0.4 is 0 Å². The highest BCUT2D eigenvalue weighted by Gasteiger charge is 2.42. The third-order valence-corrected chi connectivity index (χ3v) is 6.33. The summed E-state index contributed by atoms with van der Waals surface area (Å²) >= 11 is 0. The van der Waals surface area contributed by atoms with Crippen LogP contribution in [0.4, 0.5) is 4.39 Å². The summed E-state index contributed by atoms with van der Waals surface area (Å²) in [4.78, 5) is 17.2. The van der Waals surface area contributed by atoms with Crippen LogP contribution in [0.2, 0.25) is 0 Å². The van der Waals surface area contributed by atoms with Crippen molar-refractivity contribution in [2.24, 2.45) is 5.92 Å². The molecule has 0 unspecified atom stereocenters. The van der Waals surface area contributed by atoms with Gasteiger partial charge < -0.3 is 14.9 Å². The van der Waals surface area contributed by atoms with Gasteiger partial charge in [-0.1, -0.05) is 36.4 Å². The second kappa shape index (κ2) is 7.64. The van der Waals surface area contributed by atoms with Crippen LogP contribution in [0.25, 0.3) is 0 Å². The second-order valence-electron chi connectivity index (χ2n) is 8.23. The van der Waals surface area contributed by atoms with Crippen LogP contribution in [0.1, 0.15) is 35.6 Å². The number of rotatable bonds is 4. The summed E-state index contributed by atoms with van der Waals surface area (Å²) in [5.74, 6) is -0.507. The monoisotopic (exact) mass is 382 g/mol. The molecular formula is C23H27FN2O2. The summed E-state index contributed by atoms with van der Waals surface area (Å²) in [5, 5.41) is 10.8. The Morgan fingerprint density at radius 3 is 2.50 bits per heavy atom. The molecule has 1 fully saturated rings. The molecule has 4 rings (SSSR count). The number of aliphatic hydroxyl groups excluding tert-OH is 1. The minimum atomic E-state index is -0.982. The predicted octanol–water partition coefficient (Wildman–Crippen LogP) is 3.00. The Bertz CT molecular complexity index is 846. The van der Waals surface area contributed by atoms with Gasteiger partial charge in [0.2, 0.25) is 0 Å². The molecule has 0 radical (unpaired) electrons. The summed E-state index contributed by atoms with van der Waals surface area (Å²) < 4.78 is 13.5. The molecule has 148 valence electrons. The second-order valence-corrected chi connectivity index (χ2v) is 8.23. The van der Waals surface area contributed by atoms with E-state index in [9.17, 15) is 14.3 Å². The van der Waals surface area contributed by atoms with Gasteiger partial charge in [0, 0.05) is 12.6 Å². The quantitative estimate of drug-likeness (QED) is 0.884. The number of carbonyl (C=O) groups excluding carboxylic acids is 1. The molecule has 0 saturated heterocycles. The van der Waals surface area contributed by atoms with E-state index in [1.807, 2.05) is 32.3 Å². The van der Waals surface area contributed by atoms with E-state index in [0.29, 0.717) is 12.6 Å². The standard InChI is InChI=1S/C23H27FN2O2/c1-25(2)19-13-17(14-19)22(27)23(28)26-12-11-15-5-3-4-6-20(15)21(26)16-7-9-18(24)10-8-16/h3-10,17,19,21-22,27H,11-14H2,1-2H3/t17-,19-,21-,22+/m0/s1. The summed E-state index contributed by atoms with van der Waals surface area (Å²) in [5.41, 5.74) is 3.13. The number of fused-ring (bicyclic) bond motifs is 1. The fraction of sp³-hybridized carbons (Fsp3) is 0.435. The number of carbonyl (C=O) groups is 1. The first-order valence-electron chi connectivity index (χ1n) is 9.94. The predicted molar refractivity (Wildman–Crippen MR) is 106 cm³/mol. The highest BCUT2D eigenvalue weighted by Crippen LogP contribution is 2.38. The first-order chi connectivity index (χ1) is 13.5. The SMILES string of the molecule is CN(C)[C@H]1C[C@H]([C@@H](O)C(=O)N2CCc3ccccc3[C@@H]2c2ccc(F)cc2)C1. The maximum Gasteiger partial charge on any atom is 0.252 e. The minimum Gasteiger partial charge on any atom is -0.383 e. The molecule has 1 saturated carbocycles. The lowest BCUT2D eigenvalue weighted by atomic mass is 9.75. The molecule has 4 nitrogen and oxygen atoms in total. The highest BCUT2D eigenvalue weighted by molar-refractivity contribution is 5.82. The molecule has 1 heterocycles. The normalized spacial score (nSPS) is 25.2. The summed E-state index contributed by atoms with van der Waals surface area (Å²) in [6.45, 7) is 0.554. The number of nitrogens with zero attached hydrogens (tertiary/aromatic N) is 2. The molecule has 5 heteroatoms. The van der Waals surface area contributed by atoms with E-state index in [0.717, 1.165) is 30.4 Å². The Kier molecular flexibility index (Phi) is 5.21. The lowest BCUT2D eigenvalue weighted by Crippen LogP contribution is -2.52. The van der Waals surface area contributed by atoms with Crippen LogP contribution in [0.5, 0.6) is 0 Å². The largest absolute Gasteiger partial charge is 0.383 e. The Labute approximate surface area is 165 Å². The average Bonchev–Trinajstić information content (AvgIpc) is 2.65. The fourth-order valence-corrected chi connectivity index (χ4v) is 4.49. The van der Waals surface area contributed by atoms with Crippen LogP contribution in [0.15, 0.2) is 48.5 Å². The molecule has 2 aromatic rings. The Morgan fingerprint density at radius 2 is 1.82 bits per heavy atom. The third kappa shape index (κ3) is 3.45. The van der Waals surface area contributed by atoms with E-state index in [-0.39, 0.29) is 23.7 Å². The maximum atomic E-state index is 13.5. The smallest absolute Gasteiger partial charge is 0.252 e. The molecule has 1 aliphatic carbocycles. The Hall–Kier alpha value is -2.24. The Balaban J connectivity index is 1.61. The summed E-state index contributed by atoms with van der Waals surface area (Å²) in [6.07, 6.45) is 1.46. The molecule has 28 heavy (non-hydrogen) atoms. The molecule has 0 aromatic heterocycles. The maximum absolute atomic E-state index is 13.5. The molecule has 2 atom stereocenters. The van der Waals surface area contributed by atoms with Gasteiger partial charge in [0.25, 0.3) is 5.91 Å². The van der Waals surface area contributed by atoms with E-state index in [4.69, 9.17) is 0 Å². The summed E-state index contributed by atoms with van der Waals surface area (Å²) in [7, 11) is 4.06. The Morgan fingerprint density at radius 1 is 1.14 bits per heavy atom. The lowest BCUT2D eigenvalue weighted by molar-refractivity contribution is -0.148. The van der Waals surface area contributed by atoms with Crippen molar-refractivity contribution in [2.75, 3.05) is 20.6 Å². The van der Waals surface area contributed by atoms with Crippen LogP contribution in [-0.4, -0.2) is 53.6 Å². The molecule has 0 bridgehead atoms. The van der Waals surface area contributed by atoms with Gasteiger partial charge in [0.1, 0.15) is 11.9 Å². The van der Waals surface area contributed by atoms with Gasteiger partial charge >= 0.3 is 0 Å². The highest BCUT2D eigenvalue weighted by atomic mass is 19.1. The number of aliphatic hydroxyl groups is 1. The lowest BCUT2D eigenvalue weighted by Gasteiger charge is -2.44. The molecule has 0 spiro atoms. The van der Waals surface area contributed by atoms with E-state index in [1.165, 1.54) is 17.7 Å². The van der Waals surface area contributed by atoms with E-state index < -0.39 is 6.10 Å². The van der Waals surface area contributed by atoms with Crippen molar-refractivity contribution in [3.05, 3.63) is 71.0 Å². The van der Waals surface area contributed by atoms with Crippen molar-refractivity contribution < 1.29 is 14.3 Å². The molecule has 2 aliphatic rings. The first-order valence-corrected chi connectivity index (χ1v) is 9.94. The van der Waals surface area contributed by atoms with Crippen molar-refractivity contribution in [3.8, 4) is 0 Å². The number of benzene rings is 2. The van der Waals surface area contributed by atoms with Gasteiger partial charge in [-0.2, -0.15) is 0 Å². The fourth-order valence-electron chi connectivity index (χ4n) is 4.49. The van der Waals surface area contributed by atoms with Crippen LogP contribution in [0, 0.1) is 11.7 Å². The van der Waals surface area contributed by atoms with Gasteiger partial charge in [0.15, 0.2) is 0 Å². The zero-order valence-electron chi connectivity index (χ0n) is 16.4. The van der Waals surface area contributed by atoms with Gasteiger partial charge in [-0.05, 0) is 68.1 Å². The minimum absolute atomic E-state index is 0.00550. The number of amides is 1. The molecular weight excluding hydrogens is 355 g/mol. The van der Waals surface area contributed by atoms with Crippen LogP contribution in [0.3, 0.4) is 0 Å². The number of hydrogen-bond acceptors (Lipinski definition) is 3. The molecule has 2 aromatic carbocycles. The molecule has 1 aliphatic heterocycles. The van der Waals surface area contributed by atoms with Crippen molar-refractivity contribution in [1.29, 1.82) is 0 Å². The van der Waals surface area contributed by atoms with Crippen molar-refractivity contribution in [3.63, 3.8) is 0 Å². The first kappa shape index (κ1) is 19.1. The van der Waals surface area contributed by atoms with Crippen LogP contribution >= 0.6 is 0 Å². The van der Waals surface area contributed by atoms with Gasteiger partial charge in [-0.15, -0.1) is 0 Å². The summed E-state index contributed by atoms with van der Waals surface area (Å²) in [6, 6.07) is 14.5. The zero-order valence-corrected chi connectivity index (χ0v) is 16.4. The van der Waals surface area contributed by atoms with Crippen LogP contribution in [-0.2, 0) is 11.2 Å². The topological polar surface area (TPSA) is 43.8 Å². The average molecular weight is 382 g/mol.